The maximum absolute atomic E-state index is 11.7. The van der Waals surface area contributed by atoms with Crippen LogP contribution < -0.4 is 0 Å². The molecule has 0 radical (unpaired) electrons. The molecule has 0 aromatic rings. The fraction of sp³-hybridized carbons (Fsp3) is 0.644. The summed E-state index contributed by atoms with van der Waals surface area (Å²) in [5.74, 6) is -2.24. The summed E-state index contributed by atoms with van der Waals surface area (Å²) in [5.41, 5.74) is -0.226. The monoisotopic (exact) mass is 1090 g/mol. The van der Waals surface area contributed by atoms with E-state index in [9.17, 15) is 48.3 Å². The molecule has 8 aliphatic carbocycles. The molecule has 0 aromatic carbocycles. The van der Waals surface area contributed by atoms with Gasteiger partial charge in [0, 0.05) is 52.5 Å². The van der Waals surface area contributed by atoms with Gasteiger partial charge in [-0.3, -0.25) is 4.79 Å². The first-order valence-corrected chi connectivity index (χ1v) is 26.9. The predicted octanol–water partition coefficient (Wildman–Crippen LogP) is 7.80. The number of ether oxygens (including phenoxy) is 9. The second-order valence-electron chi connectivity index (χ2n) is 23.0. The Bertz CT molecular complexity index is 2380. The first-order valence-electron chi connectivity index (χ1n) is 26.9. The molecule has 19 heteroatoms. The number of carbonyl (C=O) groups is 9. The minimum absolute atomic E-state index is 0.0646. The van der Waals surface area contributed by atoms with Crippen molar-refractivity contribution in [1.29, 1.82) is 0 Å². The molecule has 430 valence electrons. The minimum atomic E-state index is -0.728. The lowest BCUT2D eigenvalue weighted by Gasteiger charge is -2.59. The van der Waals surface area contributed by atoms with Crippen LogP contribution in [0.5, 0.6) is 0 Å². The van der Waals surface area contributed by atoms with Crippen molar-refractivity contribution in [2.24, 2.45) is 29.6 Å². The molecule has 8 atom stereocenters. The number of cyclic esters (lactones) is 1. The second kappa shape index (κ2) is 26.5. The second-order valence-corrected chi connectivity index (χ2v) is 23.0. The molecule has 10 aliphatic rings. The third-order valence-corrected chi connectivity index (χ3v) is 15.6. The van der Waals surface area contributed by atoms with Gasteiger partial charge in [-0.2, -0.15) is 0 Å². The van der Waals surface area contributed by atoms with Gasteiger partial charge in [-0.1, -0.05) is 39.5 Å². The van der Waals surface area contributed by atoms with Crippen LogP contribution in [0, 0.1) is 29.6 Å². The Morgan fingerprint density at radius 1 is 0.628 bits per heavy atom. The van der Waals surface area contributed by atoms with E-state index in [0.717, 1.165) is 89.9 Å². The van der Waals surface area contributed by atoms with E-state index in [-0.39, 0.29) is 77.5 Å². The Balaban J connectivity index is 0.000000180. The van der Waals surface area contributed by atoms with Crippen molar-refractivity contribution in [3.05, 3.63) is 73.4 Å². The SMILES string of the molecule is C=C(C)C(=O)OC12CC3CC(CC(O)(C3)C1)C2.C=C(C)C(=O)OC1C2CC3C(=O)OC1C3C2.C=C(C)C(=O)OC1CCOC1=O.C=C(C)C(=O)OCC(=O)OC1(C)CCCC1.C=CC1(OC(=O)COC(=O)C(=C)C)CCCC1. The molecule has 0 amide bonds. The van der Waals surface area contributed by atoms with Crippen molar-refractivity contribution < 1.29 is 90.9 Å². The van der Waals surface area contributed by atoms with Crippen molar-refractivity contribution in [2.75, 3.05) is 19.8 Å². The topological polar surface area (TPSA) is 257 Å². The van der Waals surface area contributed by atoms with Gasteiger partial charge < -0.3 is 47.7 Å². The Hall–Kier alpha value is -6.37. The van der Waals surface area contributed by atoms with Gasteiger partial charge >= 0.3 is 53.7 Å². The van der Waals surface area contributed by atoms with Gasteiger partial charge in [0.25, 0.3) is 0 Å². The molecule has 19 nitrogen and oxygen atoms in total. The molecule has 10 rings (SSSR count). The largest absolute Gasteiger partial charge is 0.463 e. The molecule has 10 fully saturated rings. The Labute approximate surface area is 457 Å². The van der Waals surface area contributed by atoms with Gasteiger partial charge in [-0.15, -0.1) is 0 Å². The smallest absolute Gasteiger partial charge is 0.347 e. The lowest BCUT2D eigenvalue weighted by atomic mass is 9.52. The fourth-order valence-electron chi connectivity index (χ4n) is 12.2. The average Bonchev–Trinajstić information content (AvgIpc) is 4.31. The Morgan fingerprint density at radius 2 is 1.13 bits per heavy atom. The van der Waals surface area contributed by atoms with Crippen LogP contribution in [-0.2, 0) is 85.8 Å². The lowest BCUT2D eigenvalue weighted by molar-refractivity contribution is -0.217. The molecule has 2 heterocycles. The van der Waals surface area contributed by atoms with Gasteiger partial charge in [0.2, 0.25) is 6.10 Å². The molecule has 8 unspecified atom stereocenters. The lowest BCUT2D eigenvalue weighted by Crippen LogP contribution is -2.60. The van der Waals surface area contributed by atoms with Crippen LogP contribution in [0.4, 0.5) is 0 Å². The molecular formula is C59H80O19. The van der Waals surface area contributed by atoms with Crippen LogP contribution in [0.25, 0.3) is 0 Å². The molecule has 78 heavy (non-hydrogen) atoms. The van der Waals surface area contributed by atoms with Crippen LogP contribution in [-0.4, -0.2) is 119 Å². The third-order valence-electron chi connectivity index (χ3n) is 15.6. The highest BCUT2D eigenvalue weighted by molar-refractivity contribution is 5.91. The van der Waals surface area contributed by atoms with Crippen LogP contribution in [0.1, 0.15) is 151 Å². The first-order chi connectivity index (χ1) is 36.5. The zero-order valence-corrected chi connectivity index (χ0v) is 46.4. The van der Waals surface area contributed by atoms with Crippen molar-refractivity contribution >= 4 is 53.7 Å². The number of hydrogen-bond acceptors (Lipinski definition) is 19. The number of rotatable bonds is 15. The van der Waals surface area contributed by atoms with Crippen molar-refractivity contribution in [1.82, 2.24) is 0 Å². The van der Waals surface area contributed by atoms with E-state index in [0.29, 0.717) is 48.3 Å². The van der Waals surface area contributed by atoms with E-state index in [1.807, 2.05) is 6.92 Å². The summed E-state index contributed by atoms with van der Waals surface area (Å²) >= 11 is 0. The summed E-state index contributed by atoms with van der Waals surface area (Å²) in [4.78, 5) is 101. The number of carbonyl (C=O) groups excluding carboxylic acids is 9. The molecule has 0 spiro atoms. The fourth-order valence-corrected chi connectivity index (χ4v) is 12.2. The van der Waals surface area contributed by atoms with Crippen LogP contribution in [0.15, 0.2) is 73.4 Å². The zero-order valence-electron chi connectivity index (χ0n) is 46.4. The number of esters is 9. The number of hydrogen-bond donors (Lipinski definition) is 1. The third kappa shape index (κ3) is 16.8. The summed E-state index contributed by atoms with van der Waals surface area (Å²) in [5, 5.41) is 10.5. The molecule has 2 aliphatic heterocycles. The zero-order chi connectivity index (χ0) is 57.9. The van der Waals surface area contributed by atoms with Gasteiger partial charge in [0.05, 0.1) is 18.1 Å². The average molecular weight is 1090 g/mol. The van der Waals surface area contributed by atoms with Crippen LogP contribution >= 0.6 is 0 Å². The number of aliphatic hydroxyl groups is 1. The predicted molar refractivity (Wildman–Crippen MR) is 280 cm³/mol. The highest BCUT2D eigenvalue weighted by Gasteiger charge is 2.63. The molecule has 2 saturated heterocycles. The van der Waals surface area contributed by atoms with E-state index in [4.69, 9.17) is 37.9 Å². The number of fused-ring (bicyclic) bond motifs is 1. The molecule has 1 N–H and O–H groups in total. The maximum Gasteiger partial charge on any atom is 0.347 e. The quantitative estimate of drug-likeness (QED) is 0.0710. The standard InChI is InChI=1S/C14H20O3.C13H18O4.C12H14O4.C12H18O4.C8H10O4/c1-9(2)12(15)17-14-6-10-3-11(7-14)5-13(16,4-10)8-14;1-4-13(7-5-6-8-13)17-11(14)9-16-12(15)10(2)3;1-5(2)11(13)15-9-6-3-7-8(4-6)12(14)16-10(7)9;1-9(2)11(14)15-8-10(13)16-12(3)6-4-5-7-12;1-5(2)7(9)12-6-3-4-11-8(6)10/h10-11,16H,1,3-8H2,2H3;4H,1-2,5-9H2,3H3;6-10H,1,3-4H2,2H3;1,4-8H2,2-3H3;6H,1,3-4H2,2H3. The van der Waals surface area contributed by atoms with Crippen LogP contribution in [0.2, 0.25) is 0 Å². The summed E-state index contributed by atoms with van der Waals surface area (Å²) in [6.07, 6.45) is 15.8. The molecule has 8 saturated carbocycles. The van der Waals surface area contributed by atoms with Crippen molar-refractivity contribution in [3.63, 3.8) is 0 Å². The van der Waals surface area contributed by atoms with E-state index in [1.165, 1.54) is 27.2 Å². The summed E-state index contributed by atoms with van der Waals surface area (Å²) < 4.78 is 45.7. The molecular weight excluding hydrogens is 1010 g/mol. The highest BCUT2D eigenvalue weighted by Crippen LogP contribution is 2.59. The minimum Gasteiger partial charge on any atom is -0.463 e. The van der Waals surface area contributed by atoms with Crippen molar-refractivity contribution in [2.45, 2.75) is 191 Å². The van der Waals surface area contributed by atoms with Gasteiger partial charge in [-0.05, 0) is 156 Å². The van der Waals surface area contributed by atoms with Crippen molar-refractivity contribution in [3.8, 4) is 0 Å². The maximum atomic E-state index is 11.7. The van der Waals surface area contributed by atoms with Gasteiger partial charge in [0.15, 0.2) is 13.2 Å². The van der Waals surface area contributed by atoms with E-state index < -0.39 is 58.7 Å². The first kappa shape index (κ1) is 62.5. The van der Waals surface area contributed by atoms with Gasteiger partial charge in [0.1, 0.15) is 29.0 Å². The Morgan fingerprint density at radius 3 is 1.60 bits per heavy atom. The van der Waals surface area contributed by atoms with E-state index in [2.05, 4.69) is 44.2 Å². The normalized spacial score (nSPS) is 29.9. The molecule has 0 aromatic heterocycles. The molecule has 6 bridgehead atoms. The summed E-state index contributed by atoms with van der Waals surface area (Å²) in [7, 11) is 0. The highest BCUT2D eigenvalue weighted by atomic mass is 16.6. The summed E-state index contributed by atoms with van der Waals surface area (Å²) in [6.45, 7) is 30.5. The Kier molecular flexibility index (Phi) is 21.2. The van der Waals surface area contributed by atoms with Crippen LogP contribution in [0.3, 0.4) is 0 Å². The van der Waals surface area contributed by atoms with E-state index >= 15 is 0 Å². The van der Waals surface area contributed by atoms with E-state index in [1.54, 1.807) is 19.9 Å². The summed E-state index contributed by atoms with van der Waals surface area (Å²) in [6, 6.07) is 0. The van der Waals surface area contributed by atoms with Gasteiger partial charge in [-0.25, -0.2) is 38.4 Å².